The molecule has 2 aromatic rings. The Labute approximate surface area is 74.7 Å². The molecule has 2 heterocycles. The van der Waals surface area contributed by atoms with Crippen LogP contribution in [0.25, 0.3) is 11.3 Å². The van der Waals surface area contributed by atoms with Crippen LogP contribution in [-0.2, 0) is 6.54 Å². The number of aryl methyl sites for hydroxylation is 1. The fourth-order valence-corrected chi connectivity index (χ4v) is 1.58. The highest BCUT2D eigenvalue weighted by molar-refractivity contribution is 7.07. The number of aromatic nitrogens is 3. The lowest BCUT2D eigenvalue weighted by Gasteiger charge is -1.90. The van der Waals surface area contributed by atoms with Crippen molar-refractivity contribution in [2.45, 2.75) is 13.5 Å². The van der Waals surface area contributed by atoms with Crippen molar-refractivity contribution < 1.29 is 0 Å². The molecule has 0 spiro atoms. The first kappa shape index (κ1) is 7.49. The maximum absolute atomic E-state index is 4.20. The topological polar surface area (TPSA) is 30.7 Å². The van der Waals surface area contributed by atoms with Gasteiger partial charge in [0.1, 0.15) is 0 Å². The molecule has 0 saturated heterocycles. The first-order chi connectivity index (χ1) is 5.90. The Morgan fingerprint density at radius 3 is 3.08 bits per heavy atom. The van der Waals surface area contributed by atoms with Gasteiger partial charge in [-0.25, -0.2) is 4.98 Å². The summed E-state index contributed by atoms with van der Waals surface area (Å²) in [6, 6.07) is 0. The van der Waals surface area contributed by atoms with Gasteiger partial charge in [-0.1, -0.05) is 0 Å². The van der Waals surface area contributed by atoms with E-state index in [1.54, 1.807) is 11.3 Å². The van der Waals surface area contributed by atoms with Gasteiger partial charge in [0.15, 0.2) is 0 Å². The highest BCUT2D eigenvalue weighted by atomic mass is 32.1. The fraction of sp³-hybridized carbons (Fsp3) is 0.250. The number of thiazole rings is 1. The number of hydrogen-bond donors (Lipinski definition) is 0. The average Bonchev–Trinajstić information content (AvgIpc) is 2.75. The van der Waals surface area contributed by atoms with E-state index in [1.165, 1.54) is 0 Å². The summed E-state index contributed by atoms with van der Waals surface area (Å²) in [5, 5.41) is 6.20. The Hall–Kier alpha value is -1.16. The first-order valence-corrected chi connectivity index (χ1v) is 4.75. The fourth-order valence-electron chi connectivity index (χ4n) is 1.02. The van der Waals surface area contributed by atoms with Gasteiger partial charge in [0, 0.05) is 23.7 Å². The second kappa shape index (κ2) is 3.06. The summed E-state index contributed by atoms with van der Waals surface area (Å²) in [4.78, 5) is 4.20. The lowest BCUT2D eigenvalue weighted by molar-refractivity contribution is 0.660. The second-order valence-electron chi connectivity index (χ2n) is 2.46. The van der Waals surface area contributed by atoms with Crippen LogP contribution in [-0.4, -0.2) is 14.8 Å². The molecule has 0 fully saturated rings. The molecule has 0 radical (unpaired) electrons. The molecule has 0 unspecified atom stereocenters. The molecular weight excluding hydrogens is 170 g/mol. The van der Waals surface area contributed by atoms with E-state index in [1.807, 2.05) is 28.0 Å². The van der Waals surface area contributed by atoms with Crippen molar-refractivity contribution >= 4 is 11.3 Å². The summed E-state index contributed by atoms with van der Waals surface area (Å²) in [5.41, 5.74) is 3.94. The summed E-state index contributed by atoms with van der Waals surface area (Å²) in [6.45, 7) is 2.97. The van der Waals surface area contributed by atoms with Crippen LogP contribution >= 0.6 is 11.3 Å². The number of hydrogen-bond acceptors (Lipinski definition) is 3. The number of nitrogens with zero attached hydrogens (tertiary/aromatic N) is 3. The Morgan fingerprint density at radius 1 is 1.58 bits per heavy atom. The van der Waals surface area contributed by atoms with Crippen LogP contribution in [0.4, 0.5) is 0 Å². The molecule has 0 atom stereocenters. The third-order valence-electron chi connectivity index (χ3n) is 1.69. The van der Waals surface area contributed by atoms with Crippen molar-refractivity contribution in [3.8, 4) is 11.3 Å². The van der Waals surface area contributed by atoms with Crippen LogP contribution in [0.5, 0.6) is 0 Å². The standard InChI is InChI=1S/C8H9N3S/c1-2-11-4-7(3-10-11)8-5-12-6-9-8/h3-6H,2H2,1H3. The van der Waals surface area contributed by atoms with Crippen LogP contribution in [0.2, 0.25) is 0 Å². The van der Waals surface area contributed by atoms with Crippen LogP contribution in [0.15, 0.2) is 23.3 Å². The molecule has 0 aromatic carbocycles. The zero-order valence-corrected chi connectivity index (χ0v) is 7.58. The highest BCUT2D eigenvalue weighted by Gasteiger charge is 2.01. The molecule has 0 amide bonds. The molecule has 4 heteroatoms. The van der Waals surface area contributed by atoms with Crippen molar-refractivity contribution in [2.75, 3.05) is 0 Å². The van der Waals surface area contributed by atoms with Gasteiger partial charge in [0.25, 0.3) is 0 Å². The normalized spacial score (nSPS) is 10.4. The Balaban J connectivity index is 2.35. The molecule has 2 rings (SSSR count). The summed E-state index contributed by atoms with van der Waals surface area (Å²) in [7, 11) is 0. The molecule has 62 valence electrons. The molecule has 0 bridgehead atoms. The van der Waals surface area contributed by atoms with E-state index in [9.17, 15) is 0 Å². The van der Waals surface area contributed by atoms with Crippen LogP contribution < -0.4 is 0 Å². The third kappa shape index (κ3) is 1.25. The summed E-state index contributed by atoms with van der Waals surface area (Å²) >= 11 is 1.60. The Morgan fingerprint density at radius 2 is 2.50 bits per heavy atom. The largest absolute Gasteiger partial charge is 0.272 e. The maximum Gasteiger partial charge on any atom is 0.0842 e. The van der Waals surface area contributed by atoms with Gasteiger partial charge >= 0.3 is 0 Å². The van der Waals surface area contributed by atoms with Crippen LogP contribution in [0.1, 0.15) is 6.92 Å². The average molecular weight is 179 g/mol. The summed E-state index contributed by atoms with van der Waals surface area (Å²) < 4.78 is 1.90. The van der Waals surface area contributed by atoms with E-state index in [2.05, 4.69) is 17.0 Å². The summed E-state index contributed by atoms with van der Waals surface area (Å²) in [6.07, 6.45) is 3.85. The maximum atomic E-state index is 4.20. The SMILES string of the molecule is CCn1cc(-c2cscn2)cn1. The predicted octanol–water partition coefficient (Wildman–Crippen LogP) is 2.03. The van der Waals surface area contributed by atoms with E-state index < -0.39 is 0 Å². The molecule has 0 aliphatic rings. The first-order valence-electron chi connectivity index (χ1n) is 3.81. The molecule has 12 heavy (non-hydrogen) atoms. The smallest absolute Gasteiger partial charge is 0.0842 e. The van der Waals surface area contributed by atoms with E-state index in [0.717, 1.165) is 17.8 Å². The van der Waals surface area contributed by atoms with Crippen molar-refractivity contribution in [3.05, 3.63) is 23.3 Å². The minimum Gasteiger partial charge on any atom is -0.272 e. The van der Waals surface area contributed by atoms with Crippen molar-refractivity contribution in [1.82, 2.24) is 14.8 Å². The zero-order chi connectivity index (χ0) is 8.39. The molecular formula is C8H9N3S. The molecule has 0 aliphatic carbocycles. The van der Waals surface area contributed by atoms with E-state index in [0.29, 0.717) is 0 Å². The van der Waals surface area contributed by atoms with Gasteiger partial charge in [0.2, 0.25) is 0 Å². The minimum absolute atomic E-state index is 0.907. The molecule has 2 aromatic heterocycles. The van der Waals surface area contributed by atoms with Gasteiger partial charge in [-0.2, -0.15) is 5.10 Å². The second-order valence-corrected chi connectivity index (χ2v) is 3.18. The summed E-state index contributed by atoms with van der Waals surface area (Å²) in [5.74, 6) is 0. The Kier molecular flexibility index (Phi) is 1.91. The highest BCUT2D eigenvalue weighted by Crippen LogP contribution is 2.17. The van der Waals surface area contributed by atoms with Gasteiger partial charge < -0.3 is 0 Å². The minimum atomic E-state index is 0.907. The molecule has 0 saturated carbocycles. The van der Waals surface area contributed by atoms with Crippen molar-refractivity contribution in [1.29, 1.82) is 0 Å². The Bertz CT molecular complexity index is 350. The van der Waals surface area contributed by atoms with Crippen LogP contribution in [0.3, 0.4) is 0 Å². The van der Waals surface area contributed by atoms with Crippen molar-refractivity contribution in [2.24, 2.45) is 0 Å². The lowest BCUT2D eigenvalue weighted by atomic mass is 10.3. The lowest BCUT2D eigenvalue weighted by Crippen LogP contribution is -1.91. The van der Waals surface area contributed by atoms with Gasteiger partial charge in [-0.15, -0.1) is 11.3 Å². The van der Waals surface area contributed by atoms with E-state index in [4.69, 9.17) is 0 Å². The van der Waals surface area contributed by atoms with Gasteiger partial charge in [-0.05, 0) is 6.92 Å². The number of rotatable bonds is 2. The van der Waals surface area contributed by atoms with Gasteiger partial charge in [-0.3, -0.25) is 4.68 Å². The quantitative estimate of drug-likeness (QED) is 0.706. The zero-order valence-electron chi connectivity index (χ0n) is 6.77. The molecule has 0 aliphatic heterocycles. The monoisotopic (exact) mass is 179 g/mol. The molecule has 3 nitrogen and oxygen atoms in total. The van der Waals surface area contributed by atoms with Gasteiger partial charge in [0.05, 0.1) is 17.4 Å². The van der Waals surface area contributed by atoms with E-state index in [-0.39, 0.29) is 0 Å². The van der Waals surface area contributed by atoms with Crippen LogP contribution in [0, 0.1) is 0 Å². The van der Waals surface area contributed by atoms with E-state index >= 15 is 0 Å². The van der Waals surface area contributed by atoms with Crippen molar-refractivity contribution in [3.63, 3.8) is 0 Å². The molecule has 0 N–H and O–H groups in total. The predicted molar refractivity (Wildman–Crippen MR) is 49.0 cm³/mol. The third-order valence-corrected chi connectivity index (χ3v) is 2.27.